The summed E-state index contributed by atoms with van der Waals surface area (Å²) in [4.78, 5) is 28.2. The first kappa shape index (κ1) is 39.4. The van der Waals surface area contributed by atoms with Crippen LogP contribution in [0.3, 0.4) is 0 Å². The number of phenolic OH excluding ortho intramolecular Hbond substituents is 2. The molecule has 0 aliphatic carbocycles. The second-order valence-corrected chi connectivity index (χ2v) is 18.2. The Labute approximate surface area is 290 Å². The van der Waals surface area contributed by atoms with E-state index in [1.165, 1.54) is 0 Å². The van der Waals surface area contributed by atoms with E-state index in [0.29, 0.717) is 38.0 Å². The number of aromatic hydroxyl groups is 2. The first-order valence-electron chi connectivity index (χ1n) is 17.6. The minimum absolute atomic E-state index is 0.0990. The molecule has 1 aliphatic heterocycles. The summed E-state index contributed by atoms with van der Waals surface area (Å²) >= 11 is 0. The molecule has 0 bridgehead atoms. The minimum atomic E-state index is -0.273. The fraction of sp³-hybridized carbons (Fsp3) is 0.659. The van der Waals surface area contributed by atoms with Gasteiger partial charge in [0.1, 0.15) is 24.2 Å². The van der Waals surface area contributed by atoms with Crippen LogP contribution in [0.25, 0.3) is 0 Å². The monoisotopic (exact) mass is 665 g/mol. The molecule has 3 rings (SSSR count). The molecule has 1 fully saturated rings. The molecule has 1 saturated heterocycles. The highest BCUT2D eigenvalue weighted by atomic mass is 16.5. The maximum atomic E-state index is 12.9. The number of esters is 2. The highest BCUT2D eigenvalue weighted by molar-refractivity contribution is 5.70. The third-order valence-electron chi connectivity index (χ3n) is 9.66. The van der Waals surface area contributed by atoms with E-state index in [4.69, 9.17) is 9.47 Å². The summed E-state index contributed by atoms with van der Waals surface area (Å²) in [6.45, 7) is 28.3. The average molecular weight is 666 g/mol. The van der Waals surface area contributed by atoms with Crippen molar-refractivity contribution in [2.45, 2.75) is 162 Å². The Balaban J connectivity index is 1.54. The van der Waals surface area contributed by atoms with Crippen molar-refractivity contribution in [3.63, 3.8) is 0 Å². The second kappa shape index (κ2) is 14.4. The molecular formula is C41H63NO6. The van der Waals surface area contributed by atoms with Gasteiger partial charge in [0.2, 0.25) is 0 Å². The fourth-order valence-electron chi connectivity index (χ4n) is 7.21. The van der Waals surface area contributed by atoms with Crippen LogP contribution in [0.2, 0.25) is 0 Å². The third kappa shape index (κ3) is 10.5. The largest absolute Gasteiger partial charge is 0.508 e. The Morgan fingerprint density at radius 2 is 1.21 bits per heavy atom. The number of nitrogens with zero attached hydrogens (tertiary/aromatic N) is 1. The number of aryl methyl sites for hydroxylation is 2. The van der Waals surface area contributed by atoms with Gasteiger partial charge in [0.15, 0.2) is 0 Å². The van der Waals surface area contributed by atoms with E-state index >= 15 is 0 Å². The number of hydrogen-bond acceptors (Lipinski definition) is 7. The minimum Gasteiger partial charge on any atom is -0.508 e. The standard InChI is InChI=1S/C41H63NO6/c1-37(2,3)29-20-27(21-30(43)24-29)15-17-35(45)48-31-25-40(10,11)42(41(12,13)26-31)18-19-47-34(44)16-14-28-22-32(38(4,5)6)36(46)33(23-28)39(7,8)9/h20-24,31,43,46H,14-19,25-26H2,1-13H3. The van der Waals surface area contributed by atoms with Gasteiger partial charge in [-0.15, -0.1) is 0 Å². The number of phenols is 2. The quantitative estimate of drug-likeness (QED) is 0.245. The molecule has 0 atom stereocenters. The van der Waals surface area contributed by atoms with Crippen molar-refractivity contribution in [1.29, 1.82) is 0 Å². The van der Waals surface area contributed by atoms with Crippen molar-refractivity contribution in [2.24, 2.45) is 0 Å². The van der Waals surface area contributed by atoms with Gasteiger partial charge in [-0.25, -0.2) is 0 Å². The van der Waals surface area contributed by atoms with Crippen LogP contribution in [-0.2, 0) is 48.1 Å². The van der Waals surface area contributed by atoms with Gasteiger partial charge in [-0.3, -0.25) is 14.5 Å². The first-order chi connectivity index (χ1) is 21.8. The topological polar surface area (TPSA) is 96.3 Å². The molecule has 1 heterocycles. The zero-order chi connectivity index (χ0) is 36.5. The molecule has 268 valence electrons. The Kier molecular flexibility index (Phi) is 11.8. The average Bonchev–Trinajstić information content (AvgIpc) is 2.90. The molecule has 48 heavy (non-hydrogen) atoms. The number of piperidine rings is 1. The lowest BCUT2D eigenvalue weighted by Crippen LogP contribution is -2.63. The summed E-state index contributed by atoms with van der Waals surface area (Å²) in [5.74, 6) is 0.0909. The van der Waals surface area contributed by atoms with Gasteiger partial charge in [-0.05, 0) is 96.7 Å². The van der Waals surface area contributed by atoms with Gasteiger partial charge in [-0.2, -0.15) is 0 Å². The molecule has 1 aliphatic rings. The molecule has 0 spiro atoms. The van der Waals surface area contributed by atoms with E-state index in [-0.39, 0.29) is 70.6 Å². The predicted molar refractivity (Wildman–Crippen MR) is 194 cm³/mol. The van der Waals surface area contributed by atoms with Crippen molar-refractivity contribution < 1.29 is 29.3 Å². The summed E-state index contributed by atoms with van der Waals surface area (Å²) in [5, 5.41) is 21.2. The Bertz CT molecular complexity index is 1400. The van der Waals surface area contributed by atoms with Gasteiger partial charge < -0.3 is 19.7 Å². The summed E-state index contributed by atoms with van der Waals surface area (Å²) in [6, 6.07) is 9.61. The van der Waals surface area contributed by atoms with Crippen molar-refractivity contribution in [1.82, 2.24) is 4.90 Å². The van der Waals surface area contributed by atoms with Gasteiger partial charge in [0, 0.05) is 43.3 Å². The van der Waals surface area contributed by atoms with Crippen LogP contribution in [0, 0.1) is 0 Å². The van der Waals surface area contributed by atoms with Crippen LogP contribution < -0.4 is 0 Å². The number of ether oxygens (including phenoxy) is 2. The zero-order valence-electron chi connectivity index (χ0n) is 32.1. The lowest BCUT2D eigenvalue weighted by molar-refractivity contribution is -0.163. The number of likely N-dealkylation sites (tertiary alicyclic amines) is 1. The van der Waals surface area contributed by atoms with Crippen LogP contribution in [0.5, 0.6) is 11.5 Å². The Morgan fingerprint density at radius 3 is 1.69 bits per heavy atom. The van der Waals surface area contributed by atoms with Crippen LogP contribution in [0.1, 0.15) is 144 Å². The molecule has 0 radical (unpaired) electrons. The van der Waals surface area contributed by atoms with E-state index in [1.54, 1.807) is 12.1 Å². The number of carbonyl (C=O) groups excluding carboxylic acids is 2. The highest BCUT2D eigenvalue weighted by Gasteiger charge is 2.46. The van der Waals surface area contributed by atoms with Gasteiger partial charge in [0.25, 0.3) is 0 Å². The maximum absolute atomic E-state index is 12.9. The summed E-state index contributed by atoms with van der Waals surface area (Å²) in [5.41, 5.74) is 3.67. The molecule has 0 unspecified atom stereocenters. The number of rotatable bonds is 10. The molecule has 0 amide bonds. The highest BCUT2D eigenvalue weighted by Crippen LogP contribution is 2.41. The maximum Gasteiger partial charge on any atom is 0.306 e. The first-order valence-corrected chi connectivity index (χ1v) is 17.6. The second-order valence-electron chi connectivity index (χ2n) is 18.2. The van der Waals surface area contributed by atoms with E-state index < -0.39 is 0 Å². The van der Waals surface area contributed by atoms with Crippen LogP contribution in [-0.4, -0.2) is 57.4 Å². The van der Waals surface area contributed by atoms with Crippen LogP contribution in [0.4, 0.5) is 0 Å². The summed E-state index contributed by atoms with van der Waals surface area (Å²) in [6.07, 6.45) is 2.73. The van der Waals surface area contributed by atoms with Gasteiger partial charge >= 0.3 is 11.9 Å². The van der Waals surface area contributed by atoms with E-state index in [2.05, 4.69) is 101 Å². The van der Waals surface area contributed by atoms with E-state index in [0.717, 1.165) is 27.8 Å². The summed E-state index contributed by atoms with van der Waals surface area (Å²) < 4.78 is 11.8. The molecule has 7 nitrogen and oxygen atoms in total. The van der Waals surface area contributed by atoms with Crippen LogP contribution in [0.15, 0.2) is 30.3 Å². The lowest BCUT2D eigenvalue weighted by Gasteiger charge is -2.54. The van der Waals surface area contributed by atoms with Crippen molar-refractivity contribution in [3.8, 4) is 11.5 Å². The van der Waals surface area contributed by atoms with Gasteiger partial charge in [0.05, 0.1) is 0 Å². The smallest absolute Gasteiger partial charge is 0.306 e. The fourth-order valence-corrected chi connectivity index (χ4v) is 7.21. The predicted octanol–water partition coefficient (Wildman–Crippen LogP) is 8.66. The number of hydrogen-bond donors (Lipinski definition) is 2. The molecule has 2 N–H and O–H groups in total. The summed E-state index contributed by atoms with van der Waals surface area (Å²) in [7, 11) is 0. The molecular weight excluding hydrogens is 602 g/mol. The van der Waals surface area contributed by atoms with E-state index in [9.17, 15) is 19.8 Å². The zero-order valence-corrected chi connectivity index (χ0v) is 32.1. The molecule has 2 aromatic rings. The SMILES string of the molecule is CC(C)(C)c1cc(O)cc(CCC(=O)OC2CC(C)(C)N(CCOC(=O)CCc3cc(C(C)(C)C)c(O)c(C(C)(C)C)c3)C(C)(C)C2)c1. The molecule has 2 aromatic carbocycles. The van der Waals surface area contributed by atoms with Gasteiger partial charge in [-0.1, -0.05) is 80.5 Å². The number of carbonyl (C=O) groups is 2. The normalized spacial score (nSPS) is 17.3. The lowest BCUT2D eigenvalue weighted by atomic mass is 9.78. The Morgan fingerprint density at radius 1 is 0.729 bits per heavy atom. The molecule has 0 saturated carbocycles. The van der Waals surface area contributed by atoms with Crippen molar-refractivity contribution in [3.05, 3.63) is 58.1 Å². The number of benzene rings is 2. The van der Waals surface area contributed by atoms with Crippen LogP contribution >= 0.6 is 0 Å². The van der Waals surface area contributed by atoms with E-state index in [1.807, 2.05) is 12.1 Å². The Hall–Kier alpha value is -3.06. The molecule has 7 heteroatoms. The third-order valence-corrected chi connectivity index (χ3v) is 9.66. The van der Waals surface area contributed by atoms with Crippen molar-refractivity contribution >= 4 is 11.9 Å². The molecule has 0 aromatic heterocycles. The van der Waals surface area contributed by atoms with Crippen molar-refractivity contribution in [2.75, 3.05) is 13.2 Å².